The van der Waals surface area contributed by atoms with Crippen molar-refractivity contribution in [3.8, 4) is 0 Å². The van der Waals surface area contributed by atoms with Gasteiger partial charge in [0.15, 0.2) is 0 Å². The summed E-state index contributed by atoms with van der Waals surface area (Å²) in [7, 11) is 5.24. The number of aliphatic hydroxyl groups excluding tert-OH is 1. The molecule has 17 heavy (non-hydrogen) atoms. The van der Waals surface area contributed by atoms with Gasteiger partial charge in [-0.15, -0.1) is 0 Å². The van der Waals surface area contributed by atoms with Crippen LogP contribution in [-0.4, -0.2) is 50.2 Å². The van der Waals surface area contributed by atoms with Gasteiger partial charge >= 0.3 is 0 Å². The van der Waals surface area contributed by atoms with Gasteiger partial charge in [0.05, 0.1) is 18.0 Å². The van der Waals surface area contributed by atoms with Crippen LogP contribution in [0, 0.1) is 0 Å². The molecule has 1 aromatic rings. The van der Waals surface area contributed by atoms with Crippen molar-refractivity contribution in [2.75, 3.05) is 44.9 Å². The molecule has 1 aromatic carbocycles. The fraction of sp³-hybridized carbons (Fsp3) is 0.417. The Balaban J connectivity index is 2.97. The Morgan fingerprint density at radius 2 is 2.00 bits per heavy atom. The minimum Gasteiger partial charge on any atom is -0.397 e. The van der Waals surface area contributed by atoms with Crippen molar-refractivity contribution in [1.82, 2.24) is 4.90 Å². The fourth-order valence-electron chi connectivity index (χ4n) is 1.56. The van der Waals surface area contributed by atoms with Crippen LogP contribution in [0.2, 0.25) is 0 Å². The van der Waals surface area contributed by atoms with E-state index in [1.54, 1.807) is 32.3 Å². The number of hydrogen-bond donors (Lipinski definition) is 2. The molecular weight excluding hydrogens is 218 g/mol. The third-order valence-corrected chi connectivity index (χ3v) is 2.53. The highest BCUT2D eigenvalue weighted by atomic mass is 16.3. The smallest absolute Gasteiger partial charge is 0.253 e. The first-order chi connectivity index (χ1) is 7.97. The number of nitrogen functional groups attached to an aromatic ring is 1. The van der Waals surface area contributed by atoms with Gasteiger partial charge in [-0.3, -0.25) is 4.79 Å². The number of hydrogen-bond acceptors (Lipinski definition) is 4. The molecule has 0 saturated heterocycles. The number of carbonyl (C=O) groups is 1. The average Bonchev–Trinajstić information content (AvgIpc) is 2.27. The molecule has 1 rings (SSSR count). The third kappa shape index (κ3) is 3.10. The van der Waals surface area contributed by atoms with Crippen LogP contribution in [0.25, 0.3) is 0 Å². The van der Waals surface area contributed by atoms with Crippen LogP contribution in [0.4, 0.5) is 11.4 Å². The number of anilines is 2. The van der Waals surface area contributed by atoms with Gasteiger partial charge < -0.3 is 20.6 Å². The minimum absolute atomic E-state index is 0.0638. The summed E-state index contributed by atoms with van der Waals surface area (Å²) in [5.41, 5.74) is 7.81. The van der Waals surface area contributed by atoms with Gasteiger partial charge in [0.25, 0.3) is 5.91 Å². The maximum Gasteiger partial charge on any atom is 0.253 e. The second-order valence-corrected chi connectivity index (χ2v) is 4.12. The first kappa shape index (κ1) is 13.3. The molecule has 0 saturated carbocycles. The zero-order chi connectivity index (χ0) is 13.0. The van der Waals surface area contributed by atoms with Crippen molar-refractivity contribution in [2.45, 2.75) is 0 Å². The van der Waals surface area contributed by atoms with Crippen LogP contribution < -0.4 is 10.6 Å². The molecule has 0 atom stereocenters. The Kier molecular flexibility index (Phi) is 4.34. The summed E-state index contributed by atoms with van der Waals surface area (Å²) >= 11 is 0. The first-order valence-electron chi connectivity index (χ1n) is 5.40. The van der Waals surface area contributed by atoms with Gasteiger partial charge in [-0.25, -0.2) is 0 Å². The van der Waals surface area contributed by atoms with E-state index < -0.39 is 0 Å². The maximum absolute atomic E-state index is 11.7. The second kappa shape index (κ2) is 5.54. The van der Waals surface area contributed by atoms with Crippen LogP contribution in [0.3, 0.4) is 0 Å². The molecular formula is C12H19N3O2. The van der Waals surface area contributed by atoms with Gasteiger partial charge in [0.2, 0.25) is 0 Å². The summed E-state index contributed by atoms with van der Waals surface area (Å²) in [4.78, 5) is 15.1. The van der Waals surface area contributed by atoms with Crippen LogP contribution in [0.15, 0.2) is 18.2 Å². The average molecular weight is 237 g/mol. The largest absolute Gasteiger partial charge is 0.397 e. The Bertz CT molecular complexity index is 405. The number of rotatable bonds is 4. The number of carbonyl (C=O) groups excluding carboxylic acids is 1. The van der Waals surface area contributed by atoms with Crippen molar-refractivity contribution in [3.05, 3.63) is 23.8 Å². The Labute approximate surface area is 101 Å². The number of benzene rings is 1. The third-order valence-electron chi connectivity index (χ3n) is 2.53. The summed E-state index contributed by atoms with van der Waals surface area (Å²) in [5.74, 6) is -0.0759. The standard InChI is InChI=1S/C12H19N3O2/c1-14(2)12(17)9-4-5-11(10(13)8-9)15(3)6-7-16/h4-5,8,16H,6-7,13H2,1-3H3. The quantitative estimate of drug-likeness (QED) is 0.744. The molecule has 0 bridgehead atoms. The minimum atomic E-state index is -0.0759. The molecule has 5 nitrogen and oxygen atoms in total. The van der Waals surface area contributed by atoms with Gasteiger partial charge in [-0.2, -0.15) is 0 Å². The van der Waals surface area contributed by atoms with Crippen molar-refractivity contribution < 1.29 is 9.90 Å². The Hall–Kier alpha value is -1.75. The van der Waals surface area contributed by atoms with Crippen LogP contribution >= 0.6 is 0 Å². The number of nitrogens with two attached hydrogens (primary N) is 1. The summed E-state index contributed by atoms with van der Waals surface area (Å²) in [6.07, 6.45) is 0. The number of aliphatic hydroxyl groups is 1. The lowest BCUT2D eigenvalue weighted by Gasteiger charge is -2.20. The van der Waals surface area contributed by atoms with Crippen LogP contribution in [0.1, 0.15) is 10.4 Å². The molecule has 0 aliphatic heterocycles. The topological polar surface area (TPSA) is 69.8 Å². The lowest BCUT2D eigenvalue weighted by Crippen LogP contribution is -2.24. The zero-order valence-electron chi connectivity index (χ0n) is 10.5. The summed E-state index contributed by atoms with van der Waals surface area (Å²) in [5, 5.41) is 8.86. The van der Waals surface area contributed by atoms with Gasteiger partial charge in [0.1, 0.15) is 0 Å². The predicted octanol–water partition coefficient (Wildman–Crippen LogP) is 0.399. The van der Waals surface area contributed by atoms with Gasteiger partial charge in [-0.05, 0) is 18.2 Å². The van der Waals surface area contributed by atoms with E-state index in [1.165, 1.54) is 4.90 Å². The number of likely N-dealkylation sites (N-methyl/N-ethyl adjacent to an activating group) is 1. The molecule has 0 heterocycles. The highest BCUT2D eigenvalue weighted by Crippen LogP contribution is 2.23. The van der Waals surface area contributed by atoms with Crippen molar-refractivity contribution in [3.63, 3.8) is 0 Å². The number of nitrogens with zero attached hydrogens (tertiary/aromatic N) is 2. The molecule has 0 radical (unpaired) electrons. The predicted molar refractivity (Wildman–Crippen MR) is 69.2 cm³/mol. The molecule has 0 aliphatic rings. The normalized spacial score (nSPS) is 10.1. The zero-order valence-corrected chi connectivity index (χ0v) is 10.5. The SMILES string of the molecule is CN(C)C(=O)c1ccc(N(C)CCO)c(N)c1. The highest BCUT2D eigenvalue weighted by molar-refractivity contribution is 5.95. The number of amides is 1. The molecule has 3 N–H and O–H groups in total. The van der Waals surface area contributed by atoms with E-state index in [-0.39, 0.29) is 12.5 Å². The van der Waals surface area contributed by atoms with Crippen LogP contribution in [-0.2, 0) is 0 Å². The molecule has 0 fully saturated rings. The van der Waals surface area contributed by atoms with Crippen molar-refractivity contribution in [2.24, 2.45) is 0 Å². The van der Waals surface area contributed by atoms with E-state index in [0.29, 0.717) is 17.8 Å². The molecule has 1 amide bonds. The monoisotopic (exact) mass is 237 g/mol. The van der Waals surface area contributed by atoms with E-state index in [9.17, 15) is 4.79 Å². The van der Waals surface area contributed by atoms with E-state index in [0.717, 1.165) is 5.69 Å². The first-order valence-corrected chi connectivity index (χ1v) is 5.40. The second-order valence-electron chi connectivity index (χ2n) is 4.12. The van der Waals surface area contributed by atoms with Gasteiger partial charge in [0, 0.05) is 33.3 Å². The van der Waals surface area contributed by atoms with Crippen molar-refractivity contribution in [1.29, 1.82) is 0 Å². The molecule has 94 valence electrons. The molecule has 0 spiro atoms. The van der Waals surface area contributed by atoms with Crippen molar-refractivity contribution >= 4 is 17.3 Å². The van der Waals surface area contributed by atoms with E-state index in [1.807, 2.05) is 11.9 Å². The Morgan fingerprint density at radius 1 is 1.35 bits per heavy atom. The molecule has 0 aliphatic carbocycles. The maximum atomic E-state index is 11.7. The van der Waals surface area contributed by atoms with E-state index in [4.69, 9.17) is 10.8 Å². The summed E-state index contributed by atoms with van der Waals surface area (Å²) in [6.45, 7) is 0.569. The Morgan fingerprint density at radius 3 is 2.47 bits per heavy atom. The summed E-state index contributed by atoms with van der Waals surface area (Å²) in [6, 6.07) is 5.19. The fourth-order valence-corrected chi connectivity index (χ4v) is 1.56. The lowest BCUT2D eigenvalue weighted by molar-refractivity contribution is 0.0827. The molecule has 0 unspecified atom stereocenters. The highest BCUT2D eigenvalue weighted by Gasteiger charge is 2.11. The van der Waals surface area contributed by atoms with Crippen LogP contribution in [0.5, 0.6) is 0 Å². The van der Waals surface area contributed by atoms with Gasteiger partial charge in [-0.1, -0.05) is 0 Å². The molecule has 0 aromatic heterocycles. The molecule has 5 heteroatoms. The van der Waals surface area contributed by atoms with E-state index >= 15 is 0 Å². The van der Waals surface area contributed by atoms with E-state index in [2.05, 4.69) is 0 Å². The lowest BCUT2D eigenvalue weighted by atomic mass is 10.1. The summed E-state index contributed by atoms with van der Waals surface area (Å²) < 4.78 is 0.